The molecule has 2 aromatic rings. The summed E-state index contributed by atoms with van der Waals surface area (Å²) in [5.74, 6) is 0.150. The van der Waals surface area contributed by atoms with Crippen LogP contribution in [0.15, 0.2) is 24.4 Å². The fourth-order valence-electron chi connectivity index (χ4n) is 1.41. The van der Waals surface area contributed by atoms with Crippen LogP contribution in [0.1, 0.15) is 28.7 Å². The van der Waals surface area contributed by atoms with E-state index in [-0.39, 0.29) is 5.78 Å². The summed E-state index contributed by atoms with van der Waals surface area (Å²) in [6.45, 7) is 3.73. The van der Waals surface area contributed by atoms with Gasteiger partial charge in [0.25, 0.3) is 0 Å². The molecule has 0 fully saturated rings. The lowest BCUT2D eigenvalue weighted by Crippen LogP contribution is -1.94. The molecule has 0 aliphatic rings. The van der Waals surface area contributed by atoms with Gasteiger partial charge in [-0.05, 0) is 19.1 Å². The number of hydrogen-bond acceptors (Lipinski definition) is 4. The maximum Gasteiger partial charge on any atom is 0.174 e. The van der Waals surface area contributed by atoms with Gasteiger partial charge in [-0.3, -0.25) is 9.78 Å². The second kappa shape index (κ2) is 4.53. The second-order valence-electron chi connectivity index (χ2n) is 3.43. The Morgan fingerprint density at radius 2 is 2.25 bits per heavy atom. The van der Waals surface area contributed by atoms with Gasteiger partial charge in [0.2, 0.25) is 0 Å². The summed E-state index contributed by atoms with van der Waals surface area (Å²) in [4.78, 5) is 21.0. The Kier molecular flexibility index (Phi) is 3.10. The number of carbonyl (C=O) groups excluding carboxylic acids is 1. The number of rotatable bonds is 3. The van der Waals surface area contributed by atoms with E-state index in [2.05, 4.69) is 9.97 Å². The molecular weight excluding hydrogens is 220 g/mol. The van der Waals surface area contributed by atoms with Crippen molar-refractivity contribution in [3.05, 3.63) is 35.0 Å². The lowest BCUT2D eigenvalue weighted by molar-refractivity contribution is 0.0991. The molecule has 82 valence electrons. The Bertz CT molecular complexity index is 505. The predicted molar refractivity (Wildman–Crippen MR) is 64.7 cm³/mol. The van der Waals surface area contributed by atoms with Crippen LogP contribution >= 0.6 is 11.3 Å². The van der Waals surface area contributed by atoms with Crippen LogP contribution in [0, 0.1) is 6.92 Å². The second-order valence-corrected chi connectivity index (χ2v) is 4.42. The zero-order valence-electron chi connectivity index (χ0n) is 9.23. The Morgan fingerprint density at radius 3 is 2.88 bits per heavy atom. The highest BCUT2D eigenvalue weighted by Crippen LogP contribution is 2.27. The zero-order valence-corrected chi connectivity index (χ0v) is 10.0. The lowest BCUT2D eigenvalue weighted by atomic mass is 10.2. The zero-order chi connectivity index (χ0) is 11.5. The molecule has 2 aromatic heterocycles. The monoisotopic (exact) mass is 232 g/mol. The Balaban J connectivity index is 2.42. The maximum absolute atomic E-state index is 11.6. The minimum Gasteiger partial charge on any atom is -0.293 e. The van der Waals surface area contributed by atoms with Crippen LogP contribution < -0.4 is 0 Å². The van der Waals surface area contributed by atoms with Crippen molar-refractivity contribution < 1.29 is 4.79 Å². The molecule has 16 heavy (non-hydrogen) atoms. The predicted octanol–water partition coefficient (Wildman–Crippen LogP) is 3.11. The van der Waals surface area contributed by atoms with Crippen LogP contribution in [0.4, 0.5) is 0 Å². The molecule has 0 spiro atoms. The topological polar surface area (TPSA) is 42.9 Å². The largest absolute Gasteiger partial charge is 0.293 e. The third-order valence-corrected chi connectivity index (χ3v) is 3.48. The summed E-state index contributed by atoms with van der Waals surface area (Å²) in [6, 6.07) is 5.68. The number of ketones is 1. The summed E-state index contributed by atoms with van der Waals surface area (Å²) in [5.41, 5.74) is 1.63. The fourth-order valence-corrected chi connectivity index (χ4v) is 2.47. The van der Waals surface area contributed by atoms with Crippen molar-refractivity contribution >= 4 is 17.1 Å². The van der Waals surface area contributed by atoms with Crippen molar-refractivity contribution in [1.29, 1.82) is 0 Å². The molecule has 2 heterocycles. The molecule has 0 unspecified atom stereocenters. The highest BCUT2D eigenvalue weighted by molar-refractivity contribution is 7.17. The van der Waals surface area contributed by atoms with Gasteiger partial charge in [0.15, 0.2) is 5.78 Å². The van der Waals surface area contributed by atoms with Crippen molar-refractivity contribution in [1.82, 2.24) is 9.97 Å². The van der Waals surface area contributed by atoms with E-state index in [4.69, 9.17) is 0 Å². The number of carbonyl (C=O) groups is 1. The lowest BCUT2D eigenvalue weighted by Gasteiger charge is -1.92. The van der Waals surface area contributed by atoms with Gasteiger partial charge >= 0.3 is 0 Å². The number of Topliss-reactive ketones (excluding diaryl/α,β-unsaturated/α-hetero) is 1. The van der Waals surface area contributed by atoms with E-state index in [0.717, 1.165) is 21.3 Å². The fraction of sp³-hybridized carbons (Fsp3) is 0.250. The van der Waals surface area contributed by atoms with Crippen molar-refractivity contribution in [3.63, 3.8) is 0 Å². The van der Waals surface area contributed by atoms with E-state index >= 15 is 0 Å². The third kappa shape index (κ3) is 2.02. The van der Waals surface area contributed by atoms with Crippen LogP contribution in [-0.4, -0.2) is 15.8 Å². The molecule has 0 amide bonds. The van der Waals surface area contributed by atoms with Gasteiger partial charge in [0.05, 0.1) is 16.3 Å². The Hall–Kier alpha value is -1.55. The number of aromatic nitrogens is 2. The number of pyridine rings is 1. The number of hydrogen-bond donors (Lipinski definition) is 0. The van der Waals surface area contributed by atoms with Crippen molar-refractivity contribution in [3.8, 4) is 10.7 Å². The molecule has 4 heteroatoms. The van der Waals surface area contributed by atoms with Crippen LogP contribution in [0.3, 0.4) is 0 Å². The molecule has 0 aromatic carbocycles. The van der Waals surface area contributed by atoms with Crippen LogP contribution in [0.5, 0.6) is 0 Å². The molecule has 0 saturated carbocycles. The minimum atomic E-state index is 0.150. The molecule has 0 aliphatic carbocycles. The standard InChI is InChI=1S/C12H12N2OS/c1-3-10(15)11-8(2)14-12(16-11)9-6-4-5-7-13-9/h4-7H,3H2,1-2H3. The molecule has 0 radical (unpaired) electrons. The first-order chi connectivity index (χ1) is 7.72. The van der Waals surface area contributed by atoms with E-state index < -0.39 is 0 Å². The van der Waals surface area contributed by atoms with Gasteiger partial charge in [-0.2, -0.15) is 0 Å². The van der Waals surface area contributed by atoms with Crippen molar-refractivity contribution in [2.24, 2.45) is 0 Å². The molecule has 3 nitrogen and oxygen atoms in total. The average Bonchev–Trinajstić information content (AvgIpc) is 2.71. The van der Waals surface area contributed by atoms with E-state index in [0.29, 0.717) is 6.42 Å². The van der Waals surface area contributed by atoms with Crippen LogP contribution in [0.2, 0.25) is 0 Å². The van der Waals surface area contributed by atoms with E-state index in [1.165, 1.54) is 11.3 Å². The van der Waals surface area contributed by atoms with Gasteiger partial charge in [-0.15, -0.1) is 11.3 Å². The molecular formula is C12H12N2OS. The summed E-state index contributed by atoms with van der Waals surface area (Å²) >= 11 is 1.42. The summed E-state index contributed by atoms with van der Waals surface area (Å²) < 4.78 is 0. The van der Waals surface area contributed by atoms with Crippen LogP contribution in [0.25, 0.3) is 10.7 Å². The van der Waals surface area contributed by atoms with E-state index in [1.807, 2.05) is 32.0 Å². The van der Waals surface area contributed by atoms with E-state index in [9.17, 15) is 4.79 Å². The SMILES string of the molecule is CCC(=O)c1sc(-c2ccccn2)nc1C. The number of nitrogens with zero attached hydrogens (tertiary/aromatic N) is 2. The molecule has 0 aliphatic heterocycles. The molecule has 0 saturated heterocycles. The summed E-state index contributed by atoms with van der Waals surface area (Å²) in [7, 11) is 0. The van der Waals surface area contributed by atoms with Gasteiger partial charge in [0.1, 0.15) is 5.01 Å². The van der Waals surface area contributed by atoms with Gasteiger partial charge in [-0.25, -0.2) is 4.98 Å². The van der Waals surface area contributed by atoms with E-state index in [1.54, 1.807) is 6.20 Å². The number of thiazole rings is 1. The highest BCUT2D eigenvalue weighted by atomic mass is 32.1. The molecule has 0 atom stereocenters. The summed E-state index contributed by atoms with van der Waals surface area (Å²) in [6.07, 6.45) is 2.25. The first-order valence-electron chi connectivity index (χ1n) is 5.14. The van der Waals surface area contributed by atoms with Gasteiger partial charge in [-0.1, -0.05) is 13.0 Å². The van der Waals surface area contributed by atoms with Gasteiger partial charge in [0, 0.05) is 12.6 Å². The Labute approximate surface area is 98.2 Å². The quantitative estimate of drug-likeness (QED) is 0.764. The van der Waals surface area contributed by atoms with Crippen molar-refractivity contribution in [2.45, 2.75) is 20.3 Å². The average molecular weight is 232 g/mol. The van der Waals surface area contributed by atoms with Gasteiger partial charge < -0.3 is 0 Å². The first-order valence-corrected chi connectivity index (χ1v) is 5.96. The minimum absolute atomic E-state index is 0.150. The van der Waals surface area contributed by atoms with Crippen LogP contribution in [-0.2, 0) is 0 Å². The maximum atomic E-state index is 11.6. The first kappa shape index (κ1) is 11.0. The highest BCUT2D eigenvalue weighted by Gasteiger charge is 2.14. The van der Waals surface area contributed by atoms with Crippen molar-refractivity contribution in [2.75, 3.05) is 0 Å². The normalized spacial score (nSPS) is 10.4. The summed E-state index contributed by atoms with van der Waals surface area (Å²) in [5, 5.41) is 0.815. The third-order valence-electron chi connectivity index (χ3n) is 2.25. The molecule has 0 bridgehead atoms. The molecule has 2 rings (SSSR count). The molecule has 0 N–H and O–H groups in total. The number of aryl methyl sites for hydroxylation is 1. The smallest absolute Gasteiger partial charge is 0.174 e. The Morgan fingerprint density at radius 1 is 1.44 bits per heavy atom.